The fraction of sp³-hybridized carbons (Fsp3) is 0.650. The van der Waals surface area contributed by atoms with Gasteiger partial charge in [-0.05, 0) is 56.7 Å². The topological polar surface area (TPSA) is 62.8 Å². The van der Waals surface area contributed by atoms with E-state index in [0.29, 0.717) is 18.6 Å². The Hall–Kier alpha value is -1.79. The molecule has 6 nitrogen and oxygen atoms in total. The zero-order valence-electron chi connectivity index (χ0n) is 15.7. The summed E-state index contributed by atoms with van der Waals surface area (Å²) in [5.41, 5.74) is 0.770. The minimum Gasteiger partial charge on any atom is -0.490 e. The summed E-state index contributed by atoms with van der Waals surface area (Å²) < 4.78 is 11.1. The van der Waals surface area contributed by atoms with Crippen LogP contribution < -0.4 is 15.4 Å². The molecule has 1 aromatic rings. The predicted molar refractivity (Wildman–Crippen MR) is 103 cm³/mol. The zero-order chi connectivity index (χ0) is 18.2. The van der Waals surface area contributed by atoms with E-state index in [1.54, 1.807) is 7.11 Å². The van der Waals surface area contributed by atoms with Crippen LogP contribution in [0.3, 0.4) is 0 Å². The van der Waals surface area contributed by atoms with E-state index >= 15 is 0 Å². The predicted octanol–water partition coefficient (Wildman–Crippen LogP) is 3.10. The fourth-order valence-electron chi connectivity index (χ4n) is 3.76. The molecule has 1 saturated carbocycles. The molecule has 1 saturated heterocycles. The summed E-state index contributed by atoms with van der Waals surface area (Å²) in [6, 6.07) is 7.51. The van der Waals surface area contributed by atoms with Gasteiger partial charge in [-0.25, -0.2) is 4.79 Å². The first-order chi connectivity index (χ1) is 12.7. The van der Waals surface area contributed by atoms with Crippen LogP contribution in [-0.2, 0) is 4.74 Å². The highest BCUT2D eigenvalue weighted by molar-refractivity contribution is 5.89. The number of hydrogen-bond donors (Lipinski definition) is 2. The molecule has 0 aromatic heterocycles. The lowest BCUT2D eigenvalue weighted by Crippen LogP contribution is -2.34. The quantitative estimate of drug-likeness (QED) is 0.747. The molecule has 1 heterocycles. The van der Waals surface area contributed by atoms with Crippen LogP contribution in [0.4, 0.5) is 10.5 Å². The summed E-state index contributed by atoms with van der Waals surface area (Å²) in [5.74, 6) is 1.34. The molecule has 3 rings (SSSR count). The molecule has 1 aliphatic carbocycles. The highest BCUT2D eigenvalue weighted by Crippen LogP contribution is 2.25. The van der Waals surface area contributed by atoms with Crippen LogP contribution in [0.25, 0.3) is 0 Å². The average Bonchev–Trinajstić information content (AvgIpc) is 3.30. The Labute approximate surface area is 156 Å². The molecular weight excluding hydrogens is 330 g/mol. The number of ether oxygens (including phenoxy) is 2. The number of rotatable bonds is 8. The number of hydrogen-bond acceptors (Lipinski definition) is 4. The lowest BCUT2D eigenvalue weighted by molar-refractivity contribution is 0.159. The van der Waals surface area contributed by atoms with E-state index in [0.717, 1.165) is 56.9 Å². The lowest BCUT2D eigenvalue weighted by Gasteiger charge is -2.16. The van der Waals surface area contributed by atoms with E-state index < -0.39 is 0 Å². The lowest BCUT2D eigenvalue weighted by atomic mass is 10.1. The normalized spacial score (nSPS) is 21.0. The molecule has 26 heavy (non-hydrogen) atoms. The van der Waals surface area contributed by atoms with Gasteiger partial charge in [0, 0.05) is 38.5 Å². The van der Waals surface area contributed by atoms with Gasteiger partial charge in [0.05, 0.1) is 12.7 Å². The van der Waals surface area contributed by atoms with Crippen LogP contribution in [0.5, 0.6) is 5.75 Å². The largest absolute Gasteiger partial charge is 0.490 e. The first-order valence-corrected chi connectivity index (χ1v) is 9.76. The summed E-state index contributed by atoms with van der Waals surface area (Å²) in [4.78, 5) is 14.6. The highest BCUT2D eigenvalue weighted by atomic mass is 16.5. The number of carbonyl (C=O) groups excluding carboxylic acids is 1. The number of anilines is 1. The van der Waals surface area contributed by atoms with Gasteiger partial charge in [-0.15, -0.1) is 0 Å². The van der Waals surface area contributed by atoms with Crippen molar-refractivity contribution < 1.29 is 14.3 Å². The van der Waals surface area contributed by atoms with Gasteiger partial charge in [0.25, 0.3) is 0 Å². The standard InChI is InChI=1S/C20H31N3O3/c1-25-12-11-23-10-9-16(15-23)14-21-20(24)22-17-5-4-8-19(13-17)26-18-6-2-3-7-18/h4-5,8,13,16,18H,2-3,6-7,9-12,14-15H2,1H3,(H2,21,22,24)/t16-/m1/s1. The van der Waals surface area contributed by atoms with Gasteiger partial charge in [-0.3, -0.25) is 0 Å². The van der Waals surface area contributed by atoms with Crippen LogP contribution in [0.2, 0.25) is 0 Å². The smallest absolute Gasteiger partial charge is 0.319 e. The van der Waals surface area contributed by atoms with E-state index in [9.17, 15) is 4.79 Å². The summed E-state index contributed by atoms with van der Waals surface area (Å²) in [5, 5.41) is 5.91. The number of methoxy groups -OCH3 is 1. The van der Waals surface area contributed by atoms with Crippen LogP contribution in [-0.4, -0.2) is 56.9 Å². The monoisotopic (exact) mass is 361 g/mol. The molecule has 0 unspecified atom stereocenters. The first kappa shape index (κ1) is 19.0. The molecule has 1 aromatic carbocycles. The van der Waals surface area contributed by atoms with Crippen molar-refractivity contribution in [1.82, 2.24) is 10.2 Å². The molecule has 2 fully saturated rings. The van der Waals surface area contributed by atoms with E-state index in [1.807, 2.05) is 24.3 Å². The second kappa shape index (κ2) is 9.78. The first-order valence-electron chi connectivity index (χ1n) is 9.76. The fourth-order valence-corrected chi connectivity index (χ4v) is 3.76. The molecule has 144 valence electrons. The number of likely N-dealkylation sites (tertiary alicyclic amines) is 1. The maximum atomic E-state index is 12.2. The van der Waals surface area contributed by atoms with Crippen molar-refractivity contribution in [2.45, 2.75) is 38.2 Å². The Kier molecular flexibility index (Phi) is 7.14. The zero-order valence-corrected chi connectivity index (χ0v) is 15.7. The number of urea groups is 1. The van der Waals surface area contributed by atoms with Gasteiger partial charge in [0.1, 0.15) is 5.75 Å². The molecule has 2 amide bonds. The van der Waals surface area contributed by atoms with Crippen LogP contribution in [0, 0.1) is 5.92 Å². The van der Waals surface area contributed by atoms with Crippen molar-refractivity contribution in [3.05, 3.63) is 24.3 Å². The Morgan fingerprint density at radius 2 is 2.12 bits per heavy atom. The third-order valence-electron chi connectivity index (χ3n) is 5.23. The van der Waals surface area contributed by atoms with Crippen molar-refractivity contribution in [1.29, 1.82) is 0 Å². The molecule has 2 aliphatic rings. The number of amides is 2. The van der Waals surface area contributed by atoms with Crippen LogP contribution >= 0.6 is 0 Å². The van der Waals surface area contributed by atoms with Crippen molar-refractivity contribution in [3.8, 4) is 5.75 Å². The highest BCUT2D eigenvalue weighted by Gasteiger charge is 2.22. The van der Waals surface area contributed by atoms with Crippen molar-refractivity contribution in [3.63, 3.8) is 0 Å². The molecule has 2 N–H and O–H groups in total. The molecule has 0 radical (unpaired) electrons. The summed E-state index contributed by atoms with van der Waals surface area (Å²) in [6.07, 6.45) is 6.18. The van der Waals surface area contributed by atoms with Gasteiger partial charge >= 0.3 is 6.03 Å². The molecule has 1 aliphatic heterocycles. The Bertz CT molecular complexity index is 575. The molecule has 1 atom stereocenters. The number of benzene rings is 1. The molecule has 0 bridgehead atoms. The second-order valence-electron chi connectivity index (χ2n) is 7.34. The molecule has 0 spiro atoms. The SMILES string of the molecule is COCCN1CC[C@H](CNC(=O)Nc2cccc(OC3CCCC3)c2)C1. The second-order valence-corrected chi connectivity index (χ2v) is 7.34. The third kappa shape index (κ3) is 5.88. The van der Waals surface area contributed by atoms with Gasteiger partial charge in [-0.1, -0.05) is 6.07 Å². The summed E-state index contributed by atoms with van der Waals surface area (Å²) in [7, 11) is 1.73. The van der Waals surface area contributed by atoms with Crippen LogP contribution in [0.15, 0.2) is 24.3 Å². The van der Waals surface area contributed by atoms with Crippen molar-refractivity contribution in [2.75, 3.05) is 45.2 Å². The van der Waals surface area contributed by atoms with Gasteiger partial charge in [0.15, 0.2) is 0 Å². The number of nitrogens with one attached hydrogen (secondary N) is 2. The minimum atomic E-state index is -0.154. The number of nitrogens with zero attached hydrogens (tertiary/aromatic N) is 1. The van der Waals surface area contributed by atoms with Crippen LogP contribution in [0.1, 0.15) is 32.1 Å². The minimum absolute atomic E-state index is 0.154. The van der Waals surface area contributed by atoms with Gasteiger partial charge < -0.3 is 25.0 Å². The molecule has 6 heteroatoms. The Morgan fingerprint density at radius 3 is 2.92 bits per heavy atom. The number of carbonyl (C=O) groups is 1. The van der Waals surface area contributed by atoms with Crippen molar-refractivity contribution in [2.24, 2.45) is 5.92 Å². The van der Waals surface area contributed by atoms with E-state index in [-0.39, 0.29) is 6.03 Å². The molecular formula is C20H31N3O3. The van der Waals surface area contributed by atoms with E-state index in [1.165, 1.54) is 12.8 Å². The maximum absolute atomic E-state index is 12.2. The van der Waals surface area contributed by atoms with Gasteiger partial charge in [-0.2, -0.15) is 0 Å². The van der Waals surface area contributed by atoms with E-state index in [2.05, 4.69) is 15.5 Å². The summed E-state index contributed by atoms with van der Waals surface area (Å²) >= 11 is 0. The Balaban J connectivity index is 1.39. The van der Waals surface area contributed by atoms with E-state index in [4.69, 9.17) is 9.47 Å². The van der Waals surface area contributed by atoms with Crippen molar-refractivity contribution >= 4 is 11.7 Å². The average molecular weight is 361 g/mol. The van der Waals surface area contributed by atoms with Gasteiger partial charge in [0.2, 0.25) is 0 Å². The maximum Gasteiger partial charge on any atom is 0.319 e. The third-order valence-corrected chi connectivity index (χ3v) is 5.23. The Morgan fingerprint density at radius 1 is 1.27 bits per heavy atom. The summed E-state index contributed by atoms with van der Waals surface area (Å²) in [6.45, 7) is 4.53.